The van der Waals surface area contributed by atoms with Crippen molar-refractivity contribution >= 4 is 9.84 Å². The molecular formula is C35H56O5S. The van der Waals surface area contributed by atoms with Gasteiger partial charge in [-0.1, -0.05) is 145 Å². The molecule has 0 heterocycles. The molecule has 0 aliphatic carbocycles. The van der Waals surface area contributed by atoms with Crippen LogP contribution < -0.4 is 0 Å². The maximum Gasteiger partial charge on any atom is 0.207 e. The Morgan fingerprint density at radius 1 is 0.683 bits per heavy atom. The number of aryl methyl sites for hydroxylation is 2. The molecule has 6 heteroatoms. The average Bonchev–Trinajstić information content (AvgIpc) is 2.97. The summed E-state index contributed by atoms with van der Waals surface area (Å²) in [7, 11) is -4.26. The van der Waals surface area contributed by atoms with Gasteiger partial charge in [0.2, 0.25) is 9.84 Å². The van der Waals surface area contributed by atoms with Gasteiger partial charge < -0.3 is 15.3 Å². The second kappa shape index (κ2) is 19.5. The second-order valence-corrected chi connectivity index (χ2v) is 14.0. The molecule has 41 heavy (non-hydrogen) atoms. The van der Waals surface area contributed by atoms with Gasteiger partial charge in [0.15, 0.2) is 5.44 Å². The third-order valence-electron chi connectivity index (χ3n) is 8.29. The second-order valence-electron chi connectivity index (χ2n) is 12.0. The van der Waals surface area contributed by atoms with Crippen molar-refractivity contribution in [3.05, 3.63) is 65.2 Å². The molecule has 0 saturated carbocycles. The molecule has 2 rings (SSSR count). The van der Waals surface area contributed by atoms with E-state index in [4.69, 9.17) is 0 Å². The van der Waals surface area contributed by atoms with E-state index in [1.54, 1.807) is 12.1 Å². The molecule has 0 radical (unpaired) electrons. The van der Waals surface area contributed by atoms with Crippen molar-refractivity contribution < 1.29 is 23.7 Å². The first-order valence-electron chi connectivity index (χ1n) is 16.1. The highest BCUT2D eigenvalue weighted by molar-refractivity contribution is 7.92. The predicted molar refractivity (Wildman–Crippen MR) is 170 cm³/mol. The van der Waals surface area contributed by atoms with Gasteiger partial charge in [-0.2, -0.15) is 0 Å². The Morgan fingerprint density at radius 2 is 1.12 bits per heavy atom. The molecule has 0 bridgehead atoms. The molecule has 232 valence electrons. The number of hydrogen-bond donors (Lipinski definition) is 3. The van der Waals surface area contributed by atoms with Gasteiger partial charge in [-0.15, -0.1) is 0 Å². The maximum absolute atomic E-state index is 13.0. The van der Waals surface area contributed by atoms with Crippen LogP contribution in [0.3, 0.4) is 0 Å². The molecule has 0 aliphatic rings. The molecule has 0 spiro atoms. The van der Waals surface area contributed by atoms with E-state index in [2.05, 4.69) is 6.92 Å². The highest BCUT2D eigenvalue weighted by Gasteiger charge is 2.44. The number of unbranched alkanes of at least 4 members (excludes halogenated alkanes) is 15. The third kappa shape index (κ3) is 12.6. The lowest BCUT2D eigenvalue weighted by Gasteiger charge is -2.31. The number of rotatable bonds is 23. The fourth-order valence-corrected chi connectivity index (χ4v) is 7.04. The summed E-state index contributed by atoms with van der Waals surface area (Å²) in [6, 6.07) is 13.7. The van der Waals surface area contributed by atoms with Crippen molar-refractivity contribution in [1.29, 1.82) is 0 Å². The topological polar surface area (TPSA) is 94.8 Å². The Hall–Kier alpha value is -1.73. The molecule has 2 unspecified atom stereocenters. The van der Waals surface area contributed by atoms with E-state index in [0.29, 0.717) is 0 Å². The van der Waals surface area contributed by atoms with E-state index >= 15 is 0 Å². The van der Waals surface area contributed by atoms with Crippen molar-refractivity contribution in [2.24, 2.45) is 0 Å². The molecule has 0 fully saturated rings. The molecule has 0 amide bonds. The Morgan fingerprint density at radius 3 is 1.59 bits per heavy atom. The van der Waals surface area contributed by atoms with Crippen LogP contribution in [-0.2, 0) is 22.7 Å². The number of sulfone groups is 1. The fraction of sp³-hybridized carbons (Fsp3) is 0.657. The first-order chi connectivity index (χ1) is 19.7. The van der Waals surface area contributed by atoms with E-state index in [9.17, 15) is 23.7 Å². The van der Waals surface area contributed by atoms with Gasteiger partial charge in [0.1, 0.15) is 5.60 Å². The van der Waals surface area contributed by atoms with Crippen LogP contribution in [0.4, 0.5) is 0 Å². The molecule has 2 atom stereocenters. The quantitative estimate of drug-likeness (QED) is 0.115. The molecule has 2 aromatic rings. The smallest absolute Gasteiger partial charge is 0.207 e. The lowest BCUT2D eigenvalue weighted by atomic mass is 9.90. The van der Waals surface area contributed by atoms with Crippen LogP contribution >= 0.6 is 0 Å². The van der Waals surface area contributed by atoms with Gasteiger partial charge in [0.05, 0.1) is 11.5 Å². The summed E-state index contributed by atoms with van der Waals surface area (Å²) in [5.41, 5.74) is -1.70. The highest BCUT2D eigenvalue weighted by atomic mass is 32.2. The monoisotopic (exact) mass is 588 g/mol. The van der Waals surface area contributed by atoms with E-state index < -0.39 is 27.5 Å². The normalized spacial score (nSPS) is 14.2. The van der Waals surface area contributed by atoms with Gasteiger partial charge in [-0.25, -0.2) is 8.42 Å². The van der Waals surface area contributed by atoms with E-state index in [0.717, 1.165) is 36.0 Å². The summed E-state index contributed by atoms with van der Waals surface area (Å²) in [5.74, 6) is 0. The summed E-state index contributed by atoms with van der Waals surface area (Å²) in [5, 5.41) is 32.0. The first-order valence-corrected chi connectivity index (χ1v) is 17.7. The summed E-state index contributed by atoms with van der Waals surface area (Å²) in [6.07, 6.45) is 21.7. The van der Waals surface area contributed by atoms with Crippen LogP contribution in [0, 0.1) is 6.92 Å². The van der Waals surface area contributed by atoms with Crippen molar-refractivity contribution in [3.8, 4) is 0 Å². The zero-order chi connectivity index (χ0) is 30.0. The number of benzene rings is 2. The molecule has 0 aromatic heterocycles. The van der Waals surface area contributed by atoms with E-state index in [1.165, 1.54) is 102 Å². The molecule has 0 aliphatic heterocycles. The summed E-state index contributed by atoms with van der Waals surface area (Å²) >= 11 is 0. The number of aliphatic hydroxyl groups excluding tert-OH is 2. The van der Waals surface area contributed by atoms with Crippen LogP contribution in [0.2, 0.25) is 0 Å². The van der Waals surface area contributed by atoms with E-state index in [-0.39, 0.29) is 11.3 Å². The van der Waals surface area contributed by atoms with Crippen LogP contribution in [0.5, 0.6) is 0 Å². The maximum atomic E-state index is 13.0. The average molecular weight is 589 g/mol. The largest absolute Gasteiger partial charge is 0.393 e. The Bertz CT molecular complexity index is 1070. The predicted octanol–water partition coefficient (Wildman–Crippen LogP) is 7.86. The van der Waals surface area contributed by atoms with Crippen LogP contribution in [0.15, 0.2) is 53.4 Å². The van der Waals surface area contributed by atoms with Gasteiger partial charge >= 0.3 is 0 Å². The van der Waals surface area contributed by atoms with Crippen LogP contribution in [0.25, 0.3) is 0 Å². The van der Waals surface area contributed by atoms with Gasteiger partial charge in [0, 0.05) is 6.42 Å². The van der Waals surface area contributed by atoms with Crippen molar-refractivity contribution in [3.63, 3.8) is 0 Å². The molecule has 0 saturated heterocycles. The summed E-state index contributed by atoms with van der Waals surface area (Å²) < 4.78 is 26.1. The minimum Gasteiger partial charge on any atom is -0.393 e. The standard InChI is InChI=1S/C35H56O5S/c1-3-4-5-6-7-8-9-10-11-12-13-14-15-16-17-18-21-31-22-19-20-23-32(31)28-35(38,29-36)34(37)41(39,40)33-26-24-30(2)25-27-33/h19-20,22-27,34,36-38H,3-18,21,28-29H2,1-2H3. The molecule has 2 aromatic carbocycles. The van der Waals surface area contributed by atoms with E-state index in [1.807, 2.05) is 31.2 Å². The van der Waals surface area contributed by atoms with Crippen molar-refractivity contribution in [1.82, 2.24) is 0 Å². The zero-order valence-corrected chi connectivity index (χ0v) is 26.5. The molecule has 3 N–H and O–H groups in total. The zero-order valence-electron chi connectivity index (χ0n) is 25.7. The molecule has 5 nitrogen and oxygen atoms in total. The van der Waals surface area contributed by atoms with Gasteiger partial charge in [0.25, 0.3) is 0 Å². The van der Waals surface area contributed by atoms with Crippen molar-refractivity contribution in [2.75, 3.05) is 6.61 Å². The SMILES string of the molecule is CCCCCCCCCCCCCCCCCCc1ccccc1CC(O)(CO)C(O)S(=O)(=O)c1ccc(C)cc1. The van der Waals surface area contributed by atoms with Gasteiger partial charge in [-0.3, -0.25) is 0 Å². The van der Waals surface area contributed by atoms with Gasteiger partial charge in [-0.05, 0) is 43.0 Å². The van der Waals surface area contributed by atoms with Crippen LogP contribution in [0.1, 0.15) is 126 Å². The minimum atomic E-state index is -4.26. The third-order valence-corrected chi connectivity index (χ3v) is 10.2. The number of hydrogen-bond acceptors (Lipinski definition) is 5. The van der Waals surface area contributed by atoms with Crippen molar-refractivity contribution in [2.45, 2.75) is 145 Å². The van der Waals surface area contributed by atoms with Crippen LogP contribution in [-0.4, -0.2) is 41.4 Å². The Kier molecular flexibility index (Phi) is 16.8. The lowest BCUT2D eigenvalue weighted by molar-refractivity contribution is -0.0722. The summed E-state index contributed by atoms with van der Waals surface area (Å²) in [4.78, 5) is -0.0797. The fourth-order valence-electron chi connectivity index (χ4n) is 5.53. The Balaban J connectivity index is 1.71. The minimum absolute atomic E-state index is 0.0797. The summed E-state index contributed by atoms with van der Waals surface area (Å²) in [6.45, 7) is 3.24. The first kappa shape index (κ1) is 35.5. The lowest BCUT2D eigenvalue weighted by Crippen LogP contribution is -2.51. The Labute approximate surface area is 250 Å². The molecular weight excluding hydrogens is 532 g/mol. The number of aliphatic hydroxyl groups is 3. The highest BCUT2D eigenvalue weighted by Crippen LogP contribution is 2.28.